The van der Waals surface area contributed by atoms with E-state index in [4.69, 9.17) is 9.47 Å². The minimum atomic E-state index is -0.464. The van der Waals surface area contributed by atoms with Crippen molar-refractivity contribution in [3.63, 3.8) is 0 Å². The van der Waals surface area contributed by atoms with Crippen LogP contribution in [0.15, 0.2) is 42.5 Å². The predicted octanol–water partition coefficient (Wildman–Crippen LogP) is 4.08. The minimum absolute atomic E-state index is 0.0622. The number of nitro groups is 1. The van der Waals surface area contributed by atoms with Crippen molar-refractivity contribution >= 4 is 21.6 Å². The van der Waals surface area contributed by atoms with Crippen LogP contribution in [0.1, 0.15) is 11.1 Å². The van der Waals surface area contributed by atoms with Gasteiger partial charge in [0.1, 0.15) is 12.4 Å². The number of nitrogens with zero attached hydrogens (tertiary/aromatic N) is 1. The normalized spacial score (nSPS) is 10.2. The second-order valence-corrected chi connectivity index (χ2v) is 4.89. The maximum absolute atomic E-state index is 11.0. The number of benzene rings is 2. The van der Waals surface area contributed by atoms with Crippen LogP contribution in [0.2, 0.25) is 0 Å². The largest absolute Gasteiger partial charge is 0.490 e. The third-order valence-electron chi connectivity index (χ3n) is 2.90. The van der Waals surface area contributed by atoms with E-state index < -0.39 is 4.92 Å². The topological polar surface area (TPSA) is 61.6 Å². The van der Waals surface area contributed by atoms with Crippen LogP contribution in [-0.4, -0.2) is 12.0 Å². The van der Waals surface area contributed by atoms with Crippen LogP contribution in [0.25, 0.3) is 0 Å². The van der Waals surface area contributed by atoms with Crippen LogP contribution in [-0.2, 0) is 11.9 Å². The molecule has 0 aliphatic heterocycles. The fourth-order valence-electron chi connectivity index (χ4n) is 1.85. The molecule has 0 spiro atoms. The van der Waals surface area contributed by atoms with E-state index in [0.29, 0.717) is 5.56 Å². The summed E-state index contributed by atoms with van der Waals surface area (Å²) in [5, 5.41) is 11.7. The molecule has 0 saturated heterocycles. The summed E-state index contributed by atoms with van der Waals surface area (Å²) in [7, 11) is 1.41. The Morgan fingerprint density at radius 3 is 2.67 bits per heavy atom. The number of hydrogen-bond donors (Lipinski definition) is 0. The van der Waals surface area contributed by atoms with Crippen molar-refractivity contribution < 1.29 is 14.4 Å². The Bertz CT molecular complexity index is 645. The molecule has 0 aliphatic carbocycles. The Labute approximate surface area is 130 Å². The maximum Gasteiger partial charge on any atom is 0.311 e. The van der Waals surface area contributed by atoms with Gasteiger partial charge in [-0.25, -0.2) is 0 Å². The first kappa shape index (κ1) is 15.3. The molecule has 21 heavy (non-hydrogen) atoms. The molecule has 0 aliphatic rings. The molecule has 5 nitrogen and oxygen atoms in total. The third kappa shape index (κ3) is 3.95. The highest BCUT2D eigenvalue weighted by atomic mass is 79.9. The Kier molecular flexibility index (Phi) is 5.16. The SMILES string of the molecule is COc1ccc(COc2cccc(CBr)c2)cc1[N+](=O)[O-]. The molecule has 2 aromatic rings. The number of rotatable bonds is 6. The quantitative estimate of drug-likeness (QED) is 0.447. The lowest BCUT2D eigenvalue weighted by Gasteiger charge is -2.08. The van der Waals surface area contributed by atoms with Crippen molar-refractivity contribution in [3.8, 4) is 11.5 Å². The molecule has 0 saturated carbocycles. The highest BCUT2D eigenvalue weighted by Crippen LogP contribution is 2.28. The Balaban J connectivity index is 2.12. The van der Waals surface area contributed by atoms with Crippen molar-refractivity contribution in [2.75, 3.05) is 7.11 Å². The molecule has 0 bridgehead atoms. The molecule has 2 aromatic carbocycles. The summed E-state index contributed by atoms with van der Waals surface area (Å²) in [6, 6.07) is 12.5. The van der Waals surface area contributed by atoms with Crippen LogP contribution in [0.4, 0.5) is 5.69 Å². The summed E-state index contributed by atoms with van der Waals surface area (Å²) in [4.78, 5) is 10.5. The molecule has 0 radical (unpaired) electrons. The van der Waals surface area contributed by atoms with Crippen LogP contribution >= 0.6 is 15.9 Å². The Morgan fingerprint density at radius 2 is 2.00 bits per heavy atom. The monoisotopic (exact) mass is 351 g/mol. The molecule has 0 N–H and O–H groups in total. The second kappa shape index (κ2) is 7.08. The highest BCUT2D eigenvalue weighted by Gasteiger charge is 2.15. The summed E-state index contributed by atoms with van der Waals surface area (Å²) in [5.74, 6) is 0.968. The number of methoxy groups -OCH3 is 1. The summed E-state index contributed by atoms with van der Waals surface area (Å²) < 4.78 is 10.6. The van der Waals surface area contributed by atoms with Crippen molar-refractivity contribution in [2.24, 2.45) is 0 Å². The van der Waals surface area contributed by atoms with E-state index in [1.807, 2.05) is 24.3 Å². The first-order valence-electron chi connectivity index (χ1n) is 6.23. The summed E-state index contributed by atoms with van der Waals surface area (Å²) in [6.07, 6.45) is 0. The molecule has 0 amide bonds. The maximum atomic E-state index is 11.0. The second-order valence-electron chi connectivity index (χ2n) is 4.33. The lowest BCUT2D eigenvalue weighted by atomic mass is 10.2. The zero-order valence-corrected chi connectivity index (χ0v) is 13.0. The van der Waals surface area contributed by atoms with Gasteiger partial charge in [-0.05, 0) is 29.3 Å². The molecule has 0 fully saturated rings. The van der Waals surface area contributed by atoms with Gasteiger partial charge >= 0.3 is 5.69 Å². The van der Waals surface area contributed by atoms with Gasteiger partial charge in [0, 0.05) is 11.4 Å². The van der Waals surface area contributed by atoms with Gasteiger partial charge in [0.2, 0.25) is 0 Å². The van der Waals surface area contributed by atoms with Gasteiger partial charge in [-0.3, -0.25) is 10.1 Å². The smallest absolute Gasteiger partial charge is 0.311 e. The first-order chi connectivity index (χ1) is 10.1. The molecular formula is C15H14BrNO4. The van der Waals surface area contributed by atoms with Gasteiger partial charge in [-0.15, -0.1) is 0 Å². The third-order valence-corrected chi connectivity index (χ3v) is 3.55. The van der Waals surface area contributed by atoms with E-state index >= 15 is 0 Å². The van der Waals surface area contributed by atoms with E-state index in [-0.39, 0.29) is 18.0 Å². The average molecular weight is 352 g/mol. The number of halogens is 1. The lowest BCUT2D eigenvalue weighted by Crippen LogP contribution is -1.99. The molecule has 0 unspecified atom stereocenters. The predicted molar refractivity (Wildman–Crippen MR) is 83.1 cm³/mol. The van der Waals surface area contributed by atoms with Gasteiger partial charge in [-0.1, -0.05) is 34.1 Å². The van der Waals surface area contributed by atoms with Crippen LogP contribution in [0.5, 0.6) is 11.5 Å². The van der Waals surface area contributed by atoms with E-state index in [1.165, 1.54) is 13.2 Å². The zero-order chi connectivity index (χ0) is 15.2. The molecule has 6 heteroatoms. The van der Waals surface area contributed by atoms with E-state index in [9.17, 15) is 10.1 Å². The average Bonchev–Trinajstić information content (AvgIpc) is 2.52. The molecular weight excluding hydrogens is 338 g/mol. The molecule has 0 aromatic heterocycles. The van der Waals surface area contributed by atoms with Gasteiger partial charge in [0.15, 0.2) is 5.75 Å². The van der Waals surface area contributed by atoms with Crippen LogP contribution in [0.3, 0.4) is 0 Å². The number of alkyl halides is 1. The minimum Gasteiger partial charge on any atom is -0.490 e. The van der Waals surface area contributed by atoms with Gasteiger partial charge in [-0.2, -0.15) is 0 Å². The fraction of sp³-hybridized carbons (Fsp3) is 0.200. The van der Waals surface area contributed by atoms with Gasteiger partial charge in [0.05, 0.1) is 12.0 Å². The molecule has 110 valence electrons. The number of hydrogen-bond acceptors (Lipinski definition) is 4. The highest BCUT2D eigenvalue weighted by molar-refractivity contribution is 9.08. The van der Waals surface area contributed by atoms with Crippen LogP contribution < -0.4 is 9.47 Å². The molecule has 0 atom stereocenters. The van der Waals surface area contributed by atoms with E-state index in [0.717, 1.165) is 16.6 Å². The standard InChI is InChI=1S/C15H14BrNO4/c1-20-15-6-5-12(8-14(15)17(18)19)10-21-13-4-2-3-11(7-13)9-16/h2-8H,9-10H2,1H3. The van der Waals surface area contributed by atoms with Crippen molar-refractivity contribution in [3.05, 3.63) is 63.7 Å². The molecule has 2 rings (SSSR count). The number of ether oxygens (including phenoxy) is 2. The summed E-state index contributed by atoms with van der Waals surface area (Å²) >= 11 is 3.38. The lowest BCUT2D eigenvalue weighted by molar-refractivity contribution is -0.385. The summed E-state index contributed by atoms with van der Waals surface area (Å²) in [5.41, 5.74) is 1.76. The summed E-state index contributed by atoms with van der Waals surface area (Å²) in [6.45, 7) is 0.260. The number of nitro benzene ring substituents is 1. The van der Waals surface area contributed by atoms with Gasteiger partial charge < -0.3 is 9.47 Å². The van der Waals surface area contributed by atoms with Crippen LogP contribution in [0, 0.1) is 10.1 Å². The van der Waals surface area contributed by atoms with Gasteiger partial charge in [0.25, 0.3) is 0 Å². The fourth-order valence-corrected chi connectivity index (χ4v) is 2.20. The Morgan fingerprint density at radius 1 is 1.19 bits per heavy atom. The molecule has 0 heterocycles. The van der Waals surface area contributed by atoms with Crippen molar-refractivity contribution in [1.29, 1.82) is 0 Å². The first-order valence-corrected chi connectivity index (χ1v) is 7.35. The van der Waals surface area contributed by atoms with E-state index in [2.05, 4.69) is 15.9 Å². The zero-order valence-electron chi connectivity index (χ0n) is 11.4. The van der Waals surface area contributed by atoms with Crippen molar-refractivity contribution in [2.45, 2.75) is 11.9 Å². The Hall–Kier alpha value is -2.08. The van der Waals surface area contributed by atoms with Crippen molar-refractivity contribution in [1.82, 2.24) is 0 Å². The van der Waals surface area contributed by atoms with E-state index in [1.54, 1.807) is 12.1 Å².